The average Bonchev–Trinajstić information content (AvgIpc) is 2.52. The smallest absolute Gasteiger partial charge is 0.303 e. The summed E-state index contributed by atoms with van der Waals surface area (Å²) in [5, 5.41) is 12.1. The molecule has 0 fully saturated rings. The maximum Gasteiger partial charge on any atom is 0.303 e. The first-order valence-electron chi connectivity index (χ1n) is 4.97. The highest BCUT2D eigenvalue weighted by Crippen LogP contribution is 2.11. The van der Waals surface area contributed by atoms with E-state index in [2.05, 4.69) is 5.10 Å². The molecule has 5 nitrogen and oxygen atoms in total. The maximum absolute atomic E-state index is 11.6. The summed E-state index contributed by atoms with van der Waals surface area (Å²) in [5.41, 5.74) is 1.55. The minimum atomic E-state index is -0.831. The van der Waals surface area contributed by atoms with Crippen molar-refractivity contribution in [3.05, 3.63) is 34.1 Å². The number of aliphatic carboxylic acids is 1. The van der Waals surface area contributed by atoms with Crippen molar-refractivity contribution in [2.24, 2.45) is 7.05 Å². The van der Waals surface area contributed by atoms with E-state index in [1.165, 1.54) is 4.68 Å². The maximum atomic E-state index is 11.6. The van der Waals surface area contributed by atoms with E-state index >= 15 is 0 Å². The lowest BCUT2D eigenvalue weighted by Gasteiger charge is -1.97. The van der Waals surface area contributed by atoms with Gasteiger partial charge in [-0.25, -0.2) is 0 Å². The molecule has 84 valence electrons. The molecule has 0 aliphatic heterocycles. The zero-order chi connectivity index (χ0) is 11.7. The molecule has 16 heavy (non-hydrogen) atoms. The molecule has 2 N–H and O–H groups in total. The first-order valence-corrected chi connectivity index (χ1v) is 4.97. The van der Waals surface area contributed by atoms with Crippen molar-refractivity contribution in [3.8, 4) is 0 Å². The van der Waals surface area contributed by atoms with Crippen LogP contribution in [0.4, 0.5) is 0 Å². The Bertz CT molecular complexity index is 595. The lowest BCUT2D eigenvalue weighted by atomic mass is 10.1. The number of carboxylic acid groups (broad SMARTS) is 1. The fraction of sp³-hybridized carbons (Fsp3) is 0.273. The van der Waals surface area contributed by atoms with Crippen LogP contribution in [0.25, 0.3) is 10.9 Å². The molecule has 0 aliphatic rings. The number of aryl methyl sites for hydroxylation is 2. The molecule has 1 heterocycles. The van der Waals surface area contributed by atoms with Gasteiger partial charge in [-0.15, -0.1) is 0 Å². The van der Waals surface area contributed by atoms with Crippen molar-refractivity contribution in [1.29, 1.82) is 0 Å². The standard InChI is InChI=1S/C11H12N2O3/c1-13-11(16)8-6-7(3-5-10(14)15)2-4-9(8)12-13/h2,4,6,12H,3,5H2,1H3,(H,14,15). The van der Waals surface area contributed by atoms with Gasteiger partial charge < -0.3 is 5.11 Å². The number of rotatable bonds is 3. The first kappa shape index (κ1) is 10.5. The van der Waals surface area contributed by atoms with Crippen LogP contribution in [0.5, 0.6) is 0 Å². The van der Waals surface area contributed by atoms with Gasteiger partial charge in [0, 0.05) is 13.5 Å². The van der Waals surface area contributed by atoms with Crippen molar-refractivity contribution in [2.75, 3.05) is 0 Å². The number of hydrogen-bond acceptors (Lipinski definition) is 2. The molecule has 0 atom stereocenters. The number of carbonyl (C=O) groups is 1. The van der Waals surface area contributed by atoms with Crippen LogP contribution in [0.1, 0.15) is 12.0 Å². The summed E-state index contributed by atoms with van der Waals surface area (Å²) in [6.07, 6.45) is 0.524. The molecule has 2 aromatic rings. The number of H-pyrrole nitrogens is 1. The fourth-order valence-corrected chi connectivity index (χ4v) is 1.68. The summed E-state index contributed by atoms with van der Waals surface area (Å²) in [7, 11) is 1.65. The third kappa shape index (κ3) is 1.84. The van der Waals surface area contributed by atoms with E-state index < -0.39 is 5.97 Å². The molecule has 0 amide bonds. The topological polar surface area (TPSA) is 75.1 Å². The van der Waals surface area contributed by atoms with Crippen molar-refractivity contribution in [2.45, 2.75) is 12.8 Å². The quantitative estimate of drug-likeness (QED) is 0.806. The summed E-state index contributed by atoms with van der Waals surface area (Å²) < 4.78 is 1.41. The van der Waals surface area contributed by atoms with E-state index in [-0.39, 0.29) is 12.0 Å². The predicted molar refractivity (Wildman–Crippen MR) is 59.5 cm³/mol. The Morgan fingerprint density at radius 1 is 1.50 bits per heavy atom. The van der Waals surface area contributed by atoms with Gasteiger partial charge in [-0.05, 0) is 24.1 Å². The molecule has 5 heteroatoms. The van der Waals surface area contributed by atoms with Crippen LogP contribution in [0.3, 0.4) is 0 Å². The second-order valence-corrected chi connectivity index (χ2v) is 3.75. The van der Waals surface area contributed by atoms with Crippen LogP contribution in [0.15, 0.2) is 23.0 Å². The Morgan fingerprint density at radius 2 is 2.25 bits per heavy atom. The predicted octanol–water partition coefficient (Wildman–Crippen LogP) is 0.884. The summed E-state index contributed by atoms with van der Waals surface area (Å²) in [5.74, 6) is -0.831. The number of fused-ring (bicyclic) bond motifs is 1. The van der Waals surface area contributed by atoms with Gasteiger partial charge in [0.05, 0.1) is 10.9 Å². The zero-order valence-electron chi connectivity index (χ0n) is 8.86. The molecule has 1 aromatic carbocycles. The summed E-state index contributed by atoms with van der Waals surface area (Å²) in [6, 6.07) is 5.38. The minimum absolute atomic E-state index is 0.0796. The molecule has 1 aromatic heterocycles. The van der Waals surface area contributed by atoms with Gasteiger partial charge in [0.1, 0.15) is 0 Å². The molecule has 0 bridgehead atoms. The molecule has 0 radical (unpaired) electrons. The number of aromatic nitrogens is 2. The van der Waals surface area contributed by atoms with Gasteiger partial charge in [-0.1, -0.05) is 6.07 Å². The van der Waals surface area contributed by atoms with E-state index in [4.69, 9.17) is 5.11 Å². The number of aromatic amines is 1. The van der Waals surface area contributed by atoms with Gasteiger partial charge in [0.15, 0.2) is 0 Å². The number of hydrogen-bond donors (Lipinski definition) is 2. The van der Waals surface area contributed by atoms with Gasteiger partial charge in [-0.3, -0.25) is 19.4 Å². The van der Waals surface area contributed by atoms with Crippen molar-refractivity contribution >= 4 is 16.9 Å². The summed E-state index contributed by atoms with van der Waals surface area (Å²) >= 11 is 0. The van der Waals surface area contributed by atoms with E-state index in [1.54, 1.807) is 19.2 Å². The Kier molecular flexibility index (Phi) is 2.52. The molecule has 0 spiro atoms. The molecule has 0 unspecified atom stereocenters. The third-order valence-electron chi connectivity index (χ3n) is 2.53. The van der Waals surface area contributed by atoms with Crippen molar-refractivity contribution in [3.63, 3.8) is 0 Å². The van der Waals surface area contributed by atoms with Crippen molar-refractivity contribution in [1.82, 2.24) is 9.78 Å². The van der Waals surface area contributed by atoms with Crippen molar-refractivity contribution < 1.29 is 9.90 Å². The monoisotopic (exact) mass is 220 g/mol. The number of carboxylic acids is 1. The van der Waals surface area contributed by atoms with Crippen LogP contribution in [-0.2, 0) is 18.3 Å². The largest absolute Gasteiger partial charge is 0.481 e. The second kappa shape index (κ2) is 3.84. The zero-order valence-corrected chi connectivity index (χ0v) is 8.86. The molecule has 0 saturated carbocycles. The number of nitrogens with one attached hydrogen (secondary N) is 1. The van der Waals surface area contributed by atoms with Gasteiger partial charge in [0.2, 0.25) is 0 Å². The number of nitrogens with zero attached hydrogens (tertiary/aromatic N) is 1. The lowest BCUT2D eigenvalue weighted by molar-refractivity contribution is -0.136. The average molecular weight is 220 g/mol. The minimum Gasteiger partial charge on any atom is -0.481 e. The Balaban J connectivity index is 2.39. The highest BCUT2D eigenvalue weighted by Gasteiger charge is 2.05. The van der Waals surface area contributed by atoms with E-state index in [9.17, 15) is 9.59 Å². The molecular weight excluding hydrogens is 208 g/mol. The Hall–Kier alpha value is -2.04. The summed E-state index contributed by atoms with van der Waals surface area (Å²) in [6.45, 7) is 0. The SMILES string of the molecule is Cn1[nH]c2ccc(CCC(=O)O)cc2c1=O. The van der Waals surface area contributed by atoms with Gasteiger partial charge in [-0.2, -0.15) is 0 Å². The lowest BCUT2D eigenvalue weighted by Crippen LogP contribution is -2.11. The molecule has 0 saturated heterocycles. The van der Waals surface area contributed by atoms with Crippen LogP contribution in [-0.4, -0.2) is 20.9 Å². The van der Waals surface area contributed by atoms with Crippen LogP contribution in [0.2, 0.25) is 0 Å². The van der Waals surface area contributed by atoms with Crippen LogP contribution < -0.4 is 5.56 Å². The van der Waals surface area contributed by atoms with E-state index in [1.807, 2.05) is 6.07 Å². The fourth-order valence-electron chi connectivity index (χ4n) is 1.68. The molecule has 2 rings (SSSR count). The van der Waals surface area contributed by atoms with Gasteiger partial charge in [0.25, 0.3) is 5.56 Å². The highest BCUT2D eigenvalue weighted by molar-refractivity contribution is 5.78. The van der Waals surface area contributed by atoms with Crippen LogP contribution >= 0.6 is 0 Å². The second-order valence-electron chi connectivity index (χ2n) is 3.75. The van der Waals surface area contributed by atoms with Gasteiger partial charge >= 0.3 is 5.97 Å². The first-order chi connectivity index (χ1) is 7.58. The Morgan fingerprint density at radius 3 is 2.94 bits per heavy atom. The summed E-state index contributed by atoms with van der Waals surface area (Å²) in [4.78, 5) is 22.1. The molecular formula is C11H12N2O3. The number of benzene rings is 1. The van der Waals surface area contributed by atoms with E-state index in [0.717, 1.165) is 11.1 Å². The Labute approximate surface area is 91.3 Å². The molecule has 0 aliphatic carbocycles. The van der Waals surface area contributed by atoms with Crippen LogP contribution in [0, 0.1) is 0 Å². The highest BCUT2D eigenvalue weighted by atomic mass is 16.4. The third-order valence-corrected chi connectivity index (χ3v) is 2.53. The van der Waals surface area contributed by atoms with E-state index in [0.29, 0.717) is 11.8 Å². The normalized spacial score (nSPS) is 10.8.